The van der Waals surface area contributed by atoms with Crippen molar-refractivity contribution in [2.75, 3.05) is 26.2 Å². The number of amides is 2. The van der Waals surface area contributed by atoms with Gasteiger partial charge in [-0.2, -0.15) is 0 Å². The third-order valence-electron chi connectivity index (χ3n) is 4.85. The second kappa shape index (κ2) is 9.45. The molecule has 1 aliphatic rings. The third-order valence-corrected chi connectivity index (χ3v) is 6.20. The lowest BCUT2D eigenvalue weighted by Crippen LogP contribution is -2.53. The van der Waals surface area contributed by atoms with Crippen molar-refractivity contribution in [2.45, 2.75) is 23.1 Å². The Hall–Kier alpha value is -2.02. The van der Waals surface area contributed by atoms with Gasteiger partial charge in [0, 0.05) is 36.1 Å². The molecule has 28 heavy (non-hydrogen) atoms. The van der Waals surface area contributed by atoms with E-state index in [1.807, 2.05) is 59.2 Å². The maximum absolute atomic E-state index is 12.8. The lowest BCUT2D eigenvalue weighted by molar-refractivity contribution is -0.133. The highest BCUT2D eigenvalue weighted by atomic mass is 35.5. The van der Waals surface area contributed by atoms with Crippen molar-refractivity contribution < 1.29 is 9.59 Å². The average Bonchev–Trinajstić information content (AvgIpc) is 2.70. The molecule has 2 atom stereocenters. The van der Waals surface area contributed by atoms with Crippen LogP contribution in [0.25, 0.3) is 0 Å². The number of benzene rings is 2. The van der Waals surface area contributed by atoms with E-state index in [1.54, 1.807) is 23.9 Å². The van der Waals surface area contributed by atoms with E-state index in [0.29, 0.717) is 31.2 Å². The molecular formula is C21H24ClN3O2S. The van der Waals surface area contributed by atoms with Gasteiger partial charge in [0.15, 0.2) is 0 Å². The molecule has 5 nitrogen and oxygen atoms in total. The van der Waals surface area contributed by atoms with E-state index < -0.39 is 11.9 Å². The Labute approximate surface area is 174 Å². The molecule has 1 heterocycles. The molecule has 1 saturated heterocycles. The molecule has 2 amide bonds. The third kappa shape index (κ3) is 5.07. The average molecular weight is 418 g/mol. The van der Waals surface area contributed by atoms with Crippen LogP contribution in [0.1, 0.15) is 18.5 Å². The minimum absolute atomic E-state index is 0.121. The highest BCUT2D eigenvalue weighted by molar-refractivity contribution is 8.00. The minimum atomic E-state index is -0.509. The summed E-state index contributed by atoms with van der Waals surface area (Å²) in [5.41, 5.74) is 6.49. The lowest BCUT2D eigenvalue weighted by atomic mass is 10.0. The van der Waals surface area contributed by atoms with Crippen LogP contribution >= 0.6 is 23.4 Å². The summed E-state index contributed by atoms with van der Waals surface area (Å²) in [4.78, 5) is 29.9. The fourth-order valence-electron chi connectivity index (χ4n) is 3.41. The normalized spacial score (nSPS) is 17.1. The van der Waals surface area contributed by atoms with E-state index in [4.69, 9.17) is 17.3 Å². The number of rotatable bonds is 6. The summed E-state index contributed by atoms with van der Waals surface area (Å²) in [7, 11) is 0. The van der Waals surface area contributed by atoms with Crippen molar-refractivity contribution in [3.8, 4) is 0 Å². The highest BCUT2D eigenvalue weighted by Gasteiger charge is 2.31. The molecule has 0 aromatic heterocycles. The maximum Gasteiger partial charge on any atom is 0.239 e. The molecule has 7 heteroatoms. The van der Waals surface area contributed by atoms with Crippen LogP contribution in [-0.4, -0.2) is 53.0 Å². The number of hydrogen-bond donors (Lipinski definition) is 1. The summed E-state index contributed by atoms with van der Waals surface area (Å²) in [6, 6.07) is 16.6. The lowest BCUT2D eigenvalue weighted by Gasteiger charge is -2.39. The standard InChI is InChI=1S/C21H24ClN3O2S/c1-15(28-18-5-3-2-4-6-18)21(27)25-13-11-24(12-14-25)19(20(23)26)16-7-9-17(22)10-8-16/h2-10,15,19H,11-14H2,1H3,(H2,23,26)/t15-,19+/m1/s1. The molecule has 2 N–H and O–H groups in total. The van der Waals surface area contributed by atoms with Gasteiger partial charge in [0.1, 0.15) is 6.04 Å². The molecule has 0 radical (unpaired) electrons. The SMILES string of the molecule is C[C@@H](Sc1ccccc1)C(=O)N1CCN([C@H](C(N)=O)c2ccc(Cl)cc2)CC1. The molecule has 1 fully saturated rings. The van der Waals surface area contributed by atoms with Crippen LogP contribution in [0.15, 0.2) is 59.5 Å². The van der Waals surface area contributed by atoms with Gasteiger partial charge in [-0.3, -0.25) is 14.5 Å². The number of nitrogens with zero attached hydrogens (tertiary/aromatic N) is 2. The molecule has 1 aliphatic heterocycles. The van der Waals surface area contributed by atoms with E-state index >= 15 is 0 Å². The first-order valence-corrected chi connectivity index (χ1v) is 10.5. The summed E-state index contributed by atoms with van der Waals surface area (Å²) in [5, 5.41) is 0.462. The predicted octanol–water partition coefficient (Wildman–Crippen LogP) is 3.19. The molecular weight excluding hydrogens is 394 g/mol. The fraction of sp³-hybridized carbons (Fsp3) is 0.333. The largest absolute Gasteiger partial charge is 0.368 e. The molecule has 0 aliphatic carbocycles. The second-order valence-electron chi connectivity index (χ2n) is 6.79. The predicted molar refractivity (Wildman–Crippen MR) is 113 cm³/mol. The summed E-state index contributed by atoms with van der Waals surface area (Å²) >= 11 is 7.51. The van der Waals surface area contributed by atoms with Crippen molar-refractivity contribution in [1.82, 2.24) is 9.80 Å². The van der Waals surface area contributed by atoms with E-state index in [9.17, 15) is 9.59 Å². The molecule has 3 rings (SSSR count). The first-order valence-electron chi connectivity index (χ1n) is 9.25. The van der Waals surface area contributed by atoms with Crippen LogP contribution in [0.2, 0.25) is 5.02 Å². The molecule has 2 aromatic rings. The zero-order valence-electron chi connectivity index (χ0n) is 15.8. The summed E-state index contributed by atoms with van der Waals surface area (Å²) in [5.74, 6) is -0.272. The van der Waals surface area contributed by atoms with E-state index in [0.717, 1.165) is 10.5 Å². The first-order chi connectivity index (χ1) is 13.5. The number of carbonyl (C=O) groups is 2. The van der Waals surface area contributed by atoms with Crippen LogP contribution in [0.4, 0.5) is 0 Å². The van der Waals surface area contributed by atoms with E-state index in [1.165, 1.54) is 0 Å². The van der Waals surface area contributed by atoms with Gasteiger partial charge < -0.3 is 10.6 Å². The number of piperazine rings is 1. The zero-order chi connectivity index (χ0) is 20.1. The van der Waals surface area contributed by atoms with Gasteiger partial charge in [0.2, 0.25) is 11.8 Å². The Morgan fingerprint density at radius 2 is 1.61 bits per heavy atom. The van der Waals surface area contributed by atoms with Crippen molar-refractivity contribution >= 4 is 35.2 Å². The van der Waals surface area contributed by atoms with Crippen LogP contribution in [0.3, 0.4) is 0 Å². The first kappa shape index (κ1) is 20.7. The topological polar surface area (TPSA) is 66.6 Å². The fourth-order valence-corrected chi connectivity index (χ4v) is 4.51. The minimum Gasteiger partial charge on any atom is -0.368 e. The number of hydrogen-bond acceptors (Lipinski definition) is 4. The van der Waals surface area contributed by atoms with Gasteiger partial charge >= 0.3 is 0 Å². The molecule has 0 unspecified atom stereocenters. The van der Waals surface area contributed by atoms with Gasteiger partial charge in [-0.25, -0.2) is 0 Å². The van der Waals surface area contributed by atoms with Crippen molar-refractivity contribution in [3.63, 3.8) is 0 Å². The number of halogens is 1. The number of nitrogens with two attached hydrogens (primary N) is 1. The van der Waals surface area contributed by atoms with Crippen LogP contribution in [0.5, 0.6) is 0 Å². The Morgan fingerprint density at radius 1 is 1.00 bits per heavy atom. The van der Waals surface area contributed by atoms with Crippen molar-refractivity contribution in [2.24, 2.45) is 5.73 Å². The van der Waals surface area contributed by atoms with Crippen LogP contribution in [-0.2, 0) is 9.59 Å². The summed E-state index contributed by atoms with van der Waals surface area (Å²) in [6.07, 6.45) is 0. The zero-order valence-corrected chi connectivity index (χ0v) is 17.3. The van der Waals surface area contributed by atoms with Crippen LogP contribution in [0, 0.1) is 0 Å². The van der Waals surface area contributed by atoms with Crippen molar-refractivity contribution in [3.05, 3.63) is 65.2 Å². The molecule has 148 valence electrons. The van der Waals surface area contributed by atoms with E-state index in [2.05, 4.69) is 0 Å². The van der Waals surface area contributed by atoms with Crippen molar-refractivity contribution in [1.29, 1.82) is 0 Å². The Balaban J connectivity index is 1.60. The summed E-state index contributed by atoms with van der Waals surface area (Å²) < 4.78 is 0. The van der Waals surface area contributed by atoms with Gasteiger partial charge in [-0.1, -0.05) is 41.9 Å². The summed E-state index contributed by atoms with van der Waals surface area (Å²) in [6.45, 7) is 4.30. The van der Waals surface area contributed by atoms with Crippen LogP contribution < -0.4 is 5.73 Å². The Kier molecular flexibility index (Phi) is 6.99. The monoisotopic (exact) mass is 417 g/mol. The molecule has 0 spiro atoms. The highest BCUT2D eigenvalue weighted by Crippen LogP contribution is 2.26. The van der Waals surface area contributed by atoms with Gasteiger partial charge in [-0.15, -0.1) is 11.8 Å². The number of carbonyl (C=O) groups excluding carboxylic acids is 2. The smallest absolute Gasteiger partial charge is 0.239 e. The Bertz CT molecular complexity index is 808. The molecule has 0 saturated carbocycles. The Morgan fingerprint density at radius 3 is 2.18 bits per heavy atom. The van der Waals surface area contributed by atoms with Gasteiger partial charge in [-0.05, 0) is 36.8 Å². The number of thioether (sulfide) groups is 1. The number of primary amides is 1. The maximum atomic E-state index is 12.8. The molecule has 0 bridgehead atoms. The van der Waals surface area contributed by atoms with Gasteiger partial charge in [0.05, 0.1) is 5.25 Å². The van der Waals surface area contributed by atoms with E-state index in [-0.39, 0.29) is 11.2 Å². The second-order valence-corrected chi connectivity index (χ2v) is 8.64. The quantitative estimate of drug-likeness (QED) is 0.733. The molecule has 2 aromatic carbocycles. The van der Waals surface area contributed by atoms with Gasteiger partial charge in [0.25, 0.3) is 0 Å².